The number of nitrogens with one attached hydrogen (secondary N) is 2. The molecule has 30 heavy (non-hydrogen) atoms. The number of hydrogen-bond acceptors (Lipinski definition) is 4. The van der Waals surface area contributed by atoms with Gasteiger partial charge in [-0.15, -0.1) is 0 Å². The molecule has 0 radical (unpaired) electrons. The van der Waals surface area contributed by atoms with Crippen molar-refractivity contribution in [1.29, 1.82) is 0 Å². The van der Waals surface area contributed by atoms with Crippen molar-refractivity contribution < 1.29 is 19.1 Å². The average Bonchev–Trinajstić information content (AvgIpc) is 2.72. The summed E-state index contributed by atoms with van der Waals surface area (Å²) in [6.07, 6.45) is 0. The van der Waals surface area contributed by atoms with Crippen LogP contribution in [0.4, 0.5) is 5.69 Å². The van der Waals surface area contributed by atoms with E-state index in [2.05, 4.69) is 26.6 Å². The Balaban J connectivity index is 1.64. The van der Waals surface area contributed by atoms with Crippen molar-refractivity contribution in [2.24, 2.45) is 0 Å². The first kappa shape index (κ1) is 21.3. The number of anilines is 1. The summed E-state index contributed by atoms with van der Waals surface area (Å²) in [4.78, 5) is 36.0. The Morgan fingerprint density at radius 3 is 2.43 bits per heavy atom. The van der Waals surface area contributed by atoms with E-state index in [1.54, 1.807) is 48.5 Å². The number of esters is 1. The third kappa shape index (κ3) is 5.78. The normalized spacial score (nSPS) is 10.2. The van der Waals surface area contributed by atoms with E-state index in [1.807, 2.05) is 18.2 Å². The molecule has 7 heteroatoms. The Kier molecular flexibility index (Phi) is 6.98. The summed E-state index contributed by atoms with van der Waals surface area (Å²) < 4.78 is 5.73. The summed E-state index contributed by atoms with van der Waals surface area (Å²) >= 11 is 3.37. The SMILES string of the molecule is CC(=O)Oc1cccc(C(=O)Nc2cccc(CNC(=O)c3ccccc3Br)c2)c1. The van der Waals surface area contributed by atoms with Crippen LogP contribution in [0.15, 0.2) is 77.3 Å². The molecule has 0 unspecified atom stereocenters. The quantitative estimate of drug-likeness (QED) is 0.412. The fourth-order valence-corrected chi connectivity index (χ4v) is 3.22. The second-order valence-electron chi connectivity index (χ2n) is 6.44. The third-order valence-electron chi connectivity index (χ3n) is 4.11. The van der Waals surface area contributed by atoms with Crippen molar-refractivity contribution in [1.82, 2.24) is 5.32 Å². The third-order valence-corrected chi connectivity index (χ3v) is 4.81. The number of rotatable bonds is 6. The number of ether oxygens (including phenoxy) is 1. The Morgan fingerprint density at radius 2 is 1.67 bits per heavy atom. The lowest BCUT2D eigenvalue weighted by Crippen LogP contribution is -2.23. The van der Waals surface area contributed by atoms with Crippen LogP contribution in [0.3, 0.4) is 0 Å². The summed E-state index contributed by atoms with van der Waals surface area (Å²) in [5.74, 6) is -0.680. The second kappa shape index (κ2) is 9.84. The number of halogens is 1. The lowest BCUT2D eigenvalue weighted by atomic mass is 10.1. The van der Waals surface area contributed by atoms with E-state index in [0.717, 1.165) is 10.0 Å². The Morgan fingerprint density at radius 1 is 0.900 bits per heavy atom. The van der Waals surface area contributed by atoms with Gasteiger partial charge in [-0.1, -0.05) is 30.3 Å². The zero-order chi connectivity index (χ0) is 21.5. The second-order valence-corrected chi connectivity index (χ2v) is 7.29. The molecule has 2 N–H and O–H groups in total. The van der Waals surface area contributed by atoms with Crippen LogP contribution in [-0.4, -0.2) is 17.8 Å². The smallest absolute Gasteiger partial charge is 0.308 e. The fourth-order valence-electron chi connectivity index (χ4n) is 2.75. The first-order valence-corrected chi connectivity index (χ1v) is 9.93. The Labute approximate surface area is 182 Å². The molecule has 0 spiro atoms. The number of carbonyl (C=O) groups excluding carboxylic acids is 3. The van der Waals surface area contributed by atoms with Gasteiger partial charge in [0.15, 0.2) is 0 Å². The van der Waals surface area contributed by atoms with E-state index in [-0.39, 0.29) is 11.8 Å². The van der Waals surface area contributed by atoms with E-state index in [9.17, 15) is 14.4 Å². The maximum absolute atomic E-state index is 12.5. The summed E-state index contributed by atoms with van der Waals surface area (Å²) in [6.45, 7) is 1.61. The van der Waals surface area contributed by atoms with Crippen LogP contribution < -0.4 is 15.4 Å². The highest BCUT2D eigenvalue weighted by Crippen LogP contribution is 2.18. The molecule has 0 saturated heterocycles. The molecule has 0 aromatic heterocycles. The summed E-state index contributed by atoms with van der Waals surface area (Å²) in [5, 5.41) is 5.67. The molecule has 3 aromatic carbocycles. The molecule has 2 amide bonds. The highest BCUT2D eigenvalue weighted by Gasteiger charge is 2.11. The molecule has 3 rings (SSSR count). The molecule has 3 aromatic rings. The Hall–Kier alpha value is -3.45. The van der Waals surface area contributed by atoms with Gasteiger partial charge in [-0.2, -0.15) is 0 Å². The van der Waals surface area contributed by atoms with E-state index >= 15 is 0 Å². The molecule has 0 atom stereocenters. The zero-order valence-corrected chi connectivity index (χ0v) is 17.7. The molecule has 6 nitrogen and oxygen atoms in total. The molecular weight excluding hydrogens is 448 g/mol. The average molecular weight is 467 g/mol. The van der Waals surface area contributed by atoms with Gasteiger partial charge in [0.25, 0.3) is 11.8 Å². The van der Waals surface area contributed by atoms with Gasteiger partial charge >= 0.3 is 5.97 Å². The van der Waals surface area contributed by atoms with Crippen LogP contribution in [0.2, 0.25) is 0 Å². The summed E-state index contributed by atoms with van der Waals surface area (Å²) in [7, 11) is 0. The van der Waals surface area contributed by atoms with Gasteiger partial charge in [0, 0.05) is 29.2 Å². The topological polar surface area (TPSA) is 84.5 Å². The first-order chi connectivity index (χ1) is 14.4. The van der Waals surface area contributed by atoms with Crippen molar-refractivity contribution in [2.45, 2.75) is 13.5 Å². The predicted octanol–water partition coefficient (Wildman–Crippen LogP) is 4.56. The van der Waals surface area contributed by atoms with Gasteiger partial charge in [0.2, 0.25) is 0 Å². The van der Waals surface area contributed by atoms with Gasteiger partial charge < -0.3 is 15.4 Å². The van der Waals surface area contributed by atoms with Crippen LogP contribution in [0.25, 0.3) is 0 Å². The van der Waals surface area contributed by atoms with Gasteiger partial charge in [0.05, 0.1) is 5.56 Å². The zero-order valence-electron chi connectivity index (χ0n) is 16.1. The lowest BCUT2D eigenvalue weighted by Gasteiger charge is -2.10. The van der Waals surface area contributed by atoms with Crippen molar-refractivity contribution >= 4 is 39.4 Å². The maximum atomic E-state index is 12.5. The number of carbonyl (C=O) groups is 3. The van der Waals surface area contributed by atoms with E-state index in [0.29, 0.717) is 29.1 Å². The van der Waals surface area contributed by atoms with Crippen molar-refractivity contribution in [3.8, 4) is 5.75 Å². The van der Waals surface area contributed by atoms with Crippen molar-refractivity contribution in [2.75, 3.05) is 5.32 Å². The lowest BCUT2D eigenvalue weighted by molar-refractivity contribution is -0.131. The number of hydrogen-bond donors (Lipinski definition) is 2. The van der Waals surface area contributed by atoms with Crippen LogP contribution in [0.1, 0.15) is 33.2 Å². The minimum absolute atomic E-state index is 0.195. The largest absolute Gasteiger partial charge is 0.427 e. The molecular formula is C23H19BrN2O4. The molecule has 0 aliphatic heterocycles. The predicted molar refractivity (Wildman–Crippen MR) is 117 cm³/mol. The Bertz CT molecular complexity index is 1100. The monoisotopic (exact) mass is 466 g/mol. The minimum atomic E-state index is -0.454. The van der Waals surface area contributed by atoms with E-state index < -0.39 is 5.97 Å². The van der Waals surface area contributed by atoms with Crippen molar-refractivity contribution in [3.63, 3.8) is 0 Å². The van der Waals surface area contributed by atoms with Gasteiger partial charge in [-0.05, 0) is 64.0 Å². The number of amides is 2. The van der Waals surface area contributed by atoms with Gasteiger partial charge in [0.1, 0.15) is 5.75 Å². The molecule has 152 valence electrons. The molecule has 0 aliphatic carbocycles. The molecule has 0 fully saturated rings. The highest BCUT2D eigenvalue weighted by atomic mass is 79.9. The maximum Gasteiger partial charge on any atom is 0.308 e. The molecule has 0 bridgehead atoms. The fraction of sp³-hybridized carbons (Fsp3) is 0.0870. The first-order valence-electron chi connectivity index (χ1n) is 9.14. The highest BCUT2D eigenvalue weighted by molar-refractivity contribution is 9.10. The summed E-state index contributed by atoms with van der Waals surface area (Å²) in [5.41, 5.74) is 2.34. The van der Waals surface area contributed by atoms with E-state index in [4.69, 9.17) is 4.74 Å². The number of benzene rings is 3. The van der Waals surface area contributed by atoms with Crippen LogP contribution in [0.5, 0.6) is 5.75 Å². The van der Waals surface area contributed by atoms with Gasteiger partial charge in [-0.25, -0.2) is 0 Å². The van der Waals surface area contributed by atoms with Gasteiger partial charge in [-0.3, -0.25) is 14.4 Å². The summed E-state index contributed by atoms with van der Waals surface area (Å²) in [6, 6.07) is 20.8. The molecule has 0 saturated carbocycles. The van der Waals surface area contributed by atoms with Crippen molar-refractivity contribution in [3.05, 3.63) is 94.0 Å². The molecule has 0 aliphatic rings. The van der Waals surface area contributed by atoms with Crippen LogP contribution in [0, 0.1) is 0 Å². The minimum Gasteiger partial charge on any atom is -0.427 e. The standard InChI is InChI=1S/C23H19BrN2O4/c1-15(27)30-19-9-5-7-17(13-19)22(28)26-18-8-4-6-16(12-18)14-25-23(29)20-10-2-3-11-21(20)24/h2-13H,14H2,1H3,(H,25,29)(H,26,28). The van der Waals surface area contributed by atoms with E-state index in [1.165, 1.54) is 13.0 Å². The molecule has 0 heterocycles. The van der Waals surface area contributed by atoms with Crippen LogP contribution >= 0.6 is 15.9 Å². The van der Waals surface area contributed by atoms with Crippen LogP contribution in [-0.2, 0) is 11.3 Å².